The molecule has 0 aromatic carbocycles. The van der Waals surface area contributed by atoms with Crippen LogP contribution in [0.5, 0.6) is 0 Å². The third kappa shape index (κ3) is 3.12. The maximum Gasteiger partial charge on any atom is 0.121 e. The SMILES string of the molecule is CCNC(c1ccc(C)o1)C1CCC(C)CC1. The predicted molar refractivity (Wildman–Crippen MR) is 71.0 cm³/mol. The Morgan fingerprint density at radius 1 is 1.29 bits per heavy atom. The fourth-order valence-electron chi connectivity index (χ4n) is 2.96. The Morgan fingerprint density at radius 2 is 2.00 bits per heavy atom. The minimum absolute atomic E-state index is 0.418. The highest BCUT2D eigenvalue weighted by molar-refractivity contribution is 5.11. The molecule has 1 unspecified atom stereocenters. The number of furan rings is 1. The van der Waals surface area contributed by atoms with Crippen molar-refractivity contribution >= 4 is 0 Å². The molecule has 0 spiro atoms. The van der Waals surface area contributed by atoms with Gasteiger partial charge in [-0.25, -0.2) is 0 Å². The van der Waals surface area contributed by atoms with Crippen molar-refractivity contribution in [2.24, 2.45) is 11.8 Å². The summed E-state index contributed by atoms with van der Waals surface area (Å²) in [5, 5.41) is 3.60. The second kappa shape index (κ2) is 5.72. The summed E-state index contributed by atoms with van der Waals surface area (Å²) in [5.41, 5.74) is 0. The van der Waals surface area contributed by atoms with Crippen molar-refractivity contribution in [3.8, 4) is 0 Å². The Labute approximate surface area is 105 Å². The second-order valence-corrected chi connectivity index (χ2v) is 5.50. The van der Waals surface area contributed by atoms with Crippen LogP contribution in [-0.2, 0) is 0 Å². The number of hydrogen-bond acceptors (Lipinski definition) is 2. The van der Waals surface area contributed by atoms with E-state index in [0.717, 1.165) is 29.9 Å². The van der Waals surface area contributed by atoms with Crippen molar-refractivity contribution in [2.75, 3.05) is 6.54 Å². The maximum atomic E-state index is 5.82. The lowest BCUT2D eigenvalue weighted by Crippen LogP contribution is -2.30. The lowest BCUT2D eigenvalue weighted by molar-refractivity contribution is 0.213. The zero-order valence-corrected chi connectivity index (χ0v) is 11.3. The highest BCUT2D eigenvalue weighted by Crippen LogP contribution is 2.37. The van der Waals surface area contributed by atoms with Crippen LogP contribution in [0.15, 0.2) is 16.5 Å². The summed E-state index contributed by atoms with van der Waals surface area (Å²) >= 11 is 0. The van der Waals surface area contributed by atoms with Crippen molar-refractivity contribution in [3.05, 3.63) is 23.7 Å². The van der Waals surface area contributed by atoms with Gasteiger partial charge in [0.15, 0.2) is 0 Å². The molecule has 0 bridgehead atoms. The molecular weight excluding hydrogens is 210 g/mol. The lowest BCUT2D eigenvalue weighted by atomic mass is 9.78. The van der Waals surface area contributed by atoms with Crippen LogP contribution in [-0.4, -0.2) is 6.54 Å². The van der Waals surface area contributed by atoms with Gasteiger partial charge in [0.25, 0.3) is 0 Å². The zero-order valence-electron chi connectivity index (χ0n) is 11.3. The van der Waals surface area contributed by atoms with Crippen molar-refractivity contribution in [1.82, 2.24) is 5.32 Å². The molecule has 0 radical (unpaired) electrons. The molecular formula is C15H25NO. The van der Waals surface area contributed by atoms with Gasteiger partial charge in [0.05, 0.1) is 6.04 Å². The summed E-state index contributed by atoms with van der Waals surface area (Å²) in [4.78, 5) is 0. The number of aryl methyl sites for hydroxylation is 1. The predicted octanol–water partition coefficient (Wildman–Crippen LogP) is 4.06. The van der Waals surface area contributed by atoms with Crippen molar-refractivity contribution in [1.29, 1.82) is 0 Å². The summed E-state index contributed by atoms with van der Waals surface area (Å²) in [6, 6.07) is 4.63. The average Bonchev–Trinajstić information content (AvgIpc) is 2.74. The molecule has 2 rings (SSSR count). The van der Waals surface area contributed by atoms with Crippen molar-refractivity contribution in [2.45, 2.75) is 52.5 Å². The van der Waals surface area contributed by atoms with E-state index in [2.05, 4.69) is 31.3 Å². The molecule has 96 valence electrons. The Bertz CT molecular complexity index is 336. The molecule has 1 aromatic heterocycles. The quantitative estimate of drug-likeness (QED) is 0.851. The molecule has 1 heterocycles. The van der Waals surface area contributed by atoms with Gasteiger partial charge in [0.2, 0.25) is 0 Å². The van der Waals surface area contributed by atoms with E-state index in [1.165, 1.54) is 25.7 Å². The highest BCUT2D eigenvalue weighted by Gasteiger charge is 2.28. The van der Waals surface area contributed by atoms with E-state index in [1.807, 2.05) is 6.92 Å². The average molecular weight is 235 g/mol. The van der Waals surface area contributed by atoms with Gasteiger partial charge in [0, 0.05) is 0 Å². The molecule has 2 heteroatoms. The third-order valence-corrected chi connectivity index (χ3v) is 4.02. The Morgan fingerprint density at radius 3 is 2.53 bits per heavy atom. The fraction of sp³-hybridized carbons (Fsp3) is 0.733. The second-order valence-electron chi connectivity index (χ2n) is 5.50. The Hall–Kier alpha value is -0.760. The van der Waals surface area contributed by atoms with Crippen LogP contribution in [0.4, 0.5) is 0 Å². The molecule has 1 aliphatic rings. The molecule has 1 saturated carbocycles. The van der Waals surface area contributed by atoms with Crippen LogP contribution >= 0.6 is 0 Å². The first kappa shape index (κ1) is 12.7. The first-order chi connectivity index (χ1) is 8.20. The van der Waals surface area contributed by atoms with E-state index in [0.29, 0.717) is 6.04 Å². The van der Waals surface area contributed by atoms with Crippen LogP contribution in [0.3, 0.4) is 0 Å². The van der Waals surface area contributed by atoms with Gasteiger partial charge < -0.3 is 9.73 Å². The largest absolute Gasteiger partial charge is 0.465 e. The first-order valence-corrected chi connectivity index (χ1v) is 7.00. The first-order valence-electron chi connectivity index (χ1n) is 7.00. The standard InChI is InChI=1S/C15H25NO/c1-4-16-15(14-10-7-12(3)17-14)13-8-5-11(2)6-9-13/h7,10-11,13,15-16H,4-6,8-9H2,1-3H3. The normalized spacial score (nSPS) is 27.0. The van der Waals surface area contributed by atoms with E-state index in [-0.39, 0.29) is 0 Å². The maximum absolute atomic E-state index is 5.82. The molecule has 17 heavy (non-hydrogen) atoms. The van der Waals surface area contributed by atoms with Crippen LogP contribution < -0.4 is 5.32 Å². The van der Waals surface area contributed by atoms with Gasteiger partial charge in [-0.3, -0.25) is 0 Å². The monoisotopic (exact) mass is 235 g/mol. The van der Waals surface area contributed by atoms with Crippen molar-refractivity contribution < 1.29 is 4.42 Å². The summed E-state index contributed by atoms with van der Waals surface area (Å²) in [6.07, 6.45) is 5.40. The Balaban J connectivity index is 2.06. The van der Waals surface area contributed by atoms with Gasteiger partial charge in [-0.15, -0.1) is 0 Å². The molecule has 1 atom stereocenters. The fourth-order valence-corrected chi connectivity index (χ4v) is 2.96. The minimum Gasteiger partial charge on any atom is -0.465 e. The van der Waals surface area contributed by atoms with Gasteiger partial charge in [-0.1, -0.05) is 26.7 Å². The highest BCUT2D eigenvalue weighted by atomic mass is 16.3. The minimum atomic E-state index is 0.418. The molecule has 0 aliphatic heterocycles. The molecule has 0 saturated heterocycles. The Kier molecular flexibility index (Phi) is 4.27. The van der Waals surface area contributed by atoms with E-state index in [4.69, 9.17) is 4.42 Å². The van der Waals surface area contributed by atoms with Gasteiger partial charge in [-0.05, 0) is 50.3 Å². The third-order valence-electron chi connectivity index (χ3n) is 4.02. The summed E-state index contributed by atoms with van der Waals surface area (Å²) < 4.78 is 5.82. The van der Waals surface area contributed by atoms with Gasteiger partial charge >= 0.3 is 0 Å². The van der Waals surface area contributed by atoms with E-state index < -0.39 is 0 Å². The topological polar surface area (TPSA) is 25.2 Å². The van der Waals surface area contributed by atoms with Crippen LogP contribution in [0, 0.1) is 18.8 Å². The van der Waals surface area contributed by atoms with Crippen LogP contribution in [0.25, 0.3) is 0 Å². The summed E-state index contributed by atoms with van der Waals surface area (Å²) in [7, 11) is 0. The molecule has 0 amide bonds. The molecule has 2 nitrogen and oxygen atoms in total. The number of hydrogen-bond donors (Lipinski definition) is 1. The number of rotatable bonds is 4. The molecule has 1 aromatic rings. The van der Waals surface area contributed by atoms with Crippen LogP contribution in [0.1, 0.15) is 57.1 Å². The van der Waals surface area contributed by atoms with Gasteiger partial charge in [0.1, 0.15) is 11.5 Å². The zero-order chi connectivity index (χ0) is 12.3. The van der Waals surface area contributed by atoms with Crippen LogP contribution in [0.2, 0.25) is 0 Å². The summed E-state index contributed by atoms with van der Waals surface area (Å²) in [6.45, 7) is 7.58. The van der Waals surface area contributed by atoms with Crippen molar-refractivity contribution in [3.63, 3.8) is 0 Å². The van der Waals surface area contributed by atoms with E-state index in [1.54, 1.807) is 0 Å². The summed E-state index contributed by atoms with van der Waals surface area (Å²) in [5.74, 6) is 3.81. The molecule has 1 fully saturated rings. The molecule has 1 N–H and O–H groups in total. The molecule has 1 aliphatic carbocycles. The van der Waals surface area contributed by atoms with E-state index in [9.17, 15) is 0 Å². The smallest absolute Gasteiger partial charge is 0.121 e. The van der Waals surface area contributed by atoms with Gasteiger partial charge in [-0.2, -0.15) is 0 Å². The van der Waals surface area contributed by atoms with E-state index >= 15 is 0 Å². The lowest BCUT2D eigenvalue weighted by Gasteiger charge is -2.32. The number of nitrogens with one attached hydrogen (secondary N) is 1.